The van der Waals surface area contributed by atoms with Gasteiger partial charge in [-0.2, -0.15) is 0 Å². The first-order chi connectivity index (χ1) is 16.0. The summed E-state index contributed by atoms with van der Waals surface area (Å²) in [4.78, 5) is 29.9. The Labute approximate surface area is 199 Å². The molecule has 0 aliphatic rings. The van der Waals surface area contributed by atoms with Gasteiger partial charge in [-0.15, -0.1) is 11.3 Å². The molecule has 0 fully saturated rings. The fourth-order valence-electron chi connectivity index (χ4n) is 3.10. The van der Waals surface area contributed by atoms with Gasteiger partial charge in [-0.1, -0.05) is 35.9 Å². The van der Waals surface area contributed by atoms with Crippen LogP contribution in [-0.2, 0) is 4.74 Å². The summed E-state index contributed by atoms with van der Waals surface area (Å²) in [5.41, 5.74) is 2.14. The zero-order valence-electron chi connectivity index (χ0n) is 17.6. The second-order valence-corrected chi connectivity index (χ2v) is 8.15. The quantitative estimate of drug-likeness (QED) is 0.299. The van der Waals surface area contributed by atoms with Crippen molar-refractivity contribution in [3.05, 3.63) is 94.5 Å². The smallest absolute Gasteiger partial charge is 0.341 e. The highest BCUT2D eigenvalue weighted by Gasteiger charge is 2.23. The van der Waals surface area contributed by atoms with Crippen molar-refractivity contribution in [1.82, 2.24) is 4.98 Å². The van der Waals surface area contributed by atoms with E-state index in [1.807, 2.05) is 23.6 Å². The topological polar surface area (TPSA) is 77.5 Å². The molecule has 8 heteroatoms. The zero-order chi connectivity index (χ0) is 23.2. The van der Waals surface area contributed by atoms with Crippen molar-refractivity contribution >= 4 is 39.8 Å². The van der Waals surface area contributed by atoms with E-state index in [1.54, 1.807) is 61.7 Å². The number of aromatic nitrogens is 1. The molecule has 0 bridgehead atoms. The highest BCUT2D eigenvalue weighted by atomic mass is 35.5. The number of pyridine rings is 1. The maximum Gasteiger partial charge on any atom is 0.341 e. The largest absolute Gasteiger partial charge is 0.462 e. The monoisotopic (exact) mass is 478 g/mol. The first kappa shape index (κ1) is 22.5. The van der Waals surface area contributed by atoms with Crippen molar-refractivity contribution in [2.24, 2.45) is 0 Å². The summed E-state index contributed by atoms with van der Waals surface area (Å²) in [6.07, 6.45) is 1.62. The fraction of sp³-hybridized carbons (Fsp3) is 0.0800. The van der Waals surface area contributed by atoms with Crippen molar-refractivity contribution in [1.29, 1.82) is 0 Å². The maximum atomic E-state index is 13.0. The molecule has 2 aromatic carbocycles. The molecule has 0 atom stereocenters. The van der Waals surface area contributed by atoms with E-state index < -0.39 is 5.97 Å². The normalized spacial score (nSPS) is 10.5. The molecule has 0 aliphatic heterocycles. The van der Waals surface area contributed by atoms with Gasteiger partial charge in [0.2, 0.25) is 5.88 Å². The van der Waals surface area contributed by atoms with Gasteiger partial charge < -0.3 is 14.8 Å². The summed E-state index contributed by atoms with van der Waals surface area (Å²) < 4.78 is 11.0. The Morgan fingerprint density at radius 2 is 1.88 bits per heavy atom. The summed E-state index contributed by atoms with van der Waals surface area (Å²) in [5.74, 6) is 0.00767. The van der Waals surface area contributed by atoms with E-state index in [0.717, 1.165) is 5.56 Å². The molecule has 6 nitrogen and oxygen atoms in total. The third-order valence-electron chi connectivity index (χ3n) is 4.61. The average molecular weight is 479 g/mol. The van der Waals surface area contributed by atoms with Crippen molar-refractivity contribution < 1.29 is 19.1 Å². The highest BCUT2D eigenvalue weighted by molar-refractivity contribution is 7.15. The van der Waals surface area contributed by atoms with Gasteiger partial charge in [0.05, 0.1) is 6.61 Å². The van der Waals surface area contributed by atoms with Crippen LogP contribution in [0.3, 0.4) is 0 Å². The lowest BCUT2D eigenvalue weighted by atomic mass is 10.0. The Morgan fingerprint density at radius 3 is 2.61 bits per heavy atom. The molecule has 1 amide bonds. The summed E-state index contributed by atoms with van der Waals surface area (Å²) >= 11 is 7.25. The number of carbonyl (C=O) groups excluding carboxylic acids is 2. The molecule has 2 heterocycles. The Bertz CT molecular complexity index is 1270. The number of anilines is 1. The van der Waals surface area contributed by atoms with Gasteiger partial charge in [0, 0.05) is 33.8 Å². The number of nitrogens with zero attached hydrogens (tertiary/aromatic N) is 1. The zero-order valence-corrected chi connectivity index (χ0v) is 19.2. The van der Waals surface area contributed by atoms with Crippen LogP contribution in [0.1, 0.15) is 27.6 Å². The third-order valence-corrected chi connectivity index (χ3v) is 5.76. The minimum absolute atomic E-state index is 0.217. The Morgan fingerprint density at radius 1 is 1.06 bits per heavy atom. The van der Waals surface area contributed by atoms with Crippen LogP contribution in [0.25, 0.3) is 11.1 Å². The van der Waals surface area contributed by atoms with E-state index in [2.05, 4.69) is 10.3 Å². The van der Waals surface area contributed by atoms with Crippen LogP contribution < -0.4 is 10.1 Å². The summed E-state index contributed by atoms with van der Waals surface area (Å²) in [6, 6.07) is 19.2. The van der Waals surface area contributed by atoms with Crippen LogP contribution in [0.4, 0.5) is 5.00 Å². The highest BCUT2D eigenvalue weighted by Crippen LogP contribution is 2.37. The fourth-order valence-corrected chi connectivity index (χ4v) is 4.18. The van der Waals surface area contributed by atoms with Gasteiger partial charge in [-0.05, 0) is 48.9 Å². The predicted molar refractivity (Wildman–Crippen MR) is 129 cm³/mol. The molecule has 0 saturated carbocycles. The van der Waals surface area contributed by atoms with E-state index in [0.29, 0.717) is 38.3 Å². The lowest BCUT2D eigenvalue weighted by Gasteiger charge is -2.10. The molecule has 4 rings (SSSR count). The standard InChI is InChI=1S/C25H19ClN2O4S/c1-2-31-25(30)22-20(16-9-11-18(26)12-10-16)15-33-24(22)28-23(29)17-6-5-7-19(14-17)32-21-8-3-4-13-27-21/h3-15H,2H2,1H3,(H,28,29). The average Bonchev–Trinajstić information content (AvgIpc) is 3.24. The van der Waals surface area contributed by atoms with Crippen LogP contribution in [-0.4, -0.2) is 23.5 Å². The Kier molecular flexibility index (Phi) is 7.02. The van der Waals surface area contributed by atoms with E-state index in [9.17, 15) is 9.59 Å². The predicted octanol–water partition coefficient (Wildman–Crippen LogP) is 6.68. The molecule has 0 unspecified atom stereocenters. The number of rotatable bonds is 7. The molecular formula is C25H19ClN2O4S. The maximum absolute atomic E-state index is 13.0. The van der Waals surface area contributed by atoms with E-state index in [1.165, 1.54) is 11.3 Å². The SMILES string of the molecule is CCOC(=O)c1c(-c2ccc(Cl)cc2)csc1NC(=O)c1cccc(Oc2ccccn2)c1. The van der Waals surface area contributed by atoms with Gasteiger partial charge in [0.15, 0.2) is 0 Å². The summed E-state index contributed by atoms with van der Waals surface area (Å²) in [7, 11) is 0. The Hall–Kier alpha value is -3.68. The molecule has 166 valence electrons. The minimum Gasteiger partial charge on any atom is -0.462 e. The van der Waals surface area contributed by atoms with Crippen molar-refractivity contribution in [2.45, 2.75) is 6.92 Å². The number of ether oxygens (including phenoxy) is 2. The lowest BCUT2D eigenvalue weighted by Crippen LogP contribution is -2.14. The van der Waals surface area contributed by atoms with E-state index in [-0.39, 0.29) is 12.5 Å². The number of halogens is 1. The van der Waals surface area contributed by atoms with Crippen molar-refractivity contribution in [2.75, 3.05) is 11.9 Å². The number of esters is 1. The third kappa shape index (κ3) is 5.39. The van der Waals surface area contributed by atoms with Gasteiger partial charge >= 0.3 is 5.97 Å². The number of thiophene rings is 1. The number of nitrogens with one attached hydrogen (secondary N) is 1. The van der Waals surface area contributed by atoms with E-state index in [4.69, 9.17) is 21.1 Å². The second-order valence-electron chi connectivity index (χ2n) is 6.83. The molecule has 0 spiro atoms. The van der Waals surface area contributed by atoms with Gasteiger partial charge in [0.25, 0.3) is 5.91 Å². The summed E-state index contributed by atoms with van der Waals surface area (Å²) in [5, 5.41) is 5.64. The molecule has 33 heavy (non-hydrogen) atoms. The lowest BCUT2D eigenvalue weighted by molar-refractivity contribution is 0.0529. The van der Waals surface area contributed by atoms with Crippen molar-refractivity contribution in [3.8, 4) is 22.8 Å². The van der Waals surface area contributed by atoms with Crippen LogP contribution in [0.2, 0.25) is 5.02 Å². The van der Waals surface area contributed by atoms with Gasteiger partial charge in [-0.3, -0.25) is 4.79 Å². The molecule has 0 saturated heterocycles. The summed E-state index contributed by atoms with van der Waals surface area (Å²) in [6.45, 7) is 1.95. The van der Waals surface area contributed by atoms with Crippen LogP contribution in [0.15, 0.2) is 78.3 Å². The molecule has 2 aromatic heterocycles. The number of hydrogen-bond acceptors (Lipinski definition) is 6. The van der Waals surface area contributed by atoms with E-state index >= 15 is 0 Å². The second kappa shape index (κ2) is 10.3. The molecule has 4 aromatic rings. The van der Waals surface area contributed by atoms with Crippen molar-refractivity contribution in [3.63, 3.8) is 0 Å². The van der Waals surface area contributed by atoms with Crippen LogP contribution >= 0.6 is 22.9 Å². The van der Waals surface area contributed by atoms with Crippen LogP contribution in [0.5, 0.6) is 11.6 Å². The first-order valence-corrected chi connectivity index (χ1v) is 11.4. The van der Waals surface area contributed by atoms with Gasteiger partial charge in [-0.25, -0.2) is 9.78 Å². The minimum atomic E-state index is -0.508. The molecule has 0 radical (unpaired) electrons. The Balaban J connectivity index is 1.61. The molecule has 1 N–H and O–H groups in total. The molecule has 0 aliphatic carbocycles. The first-order valence-electron chi connectivity index (χ1n) is 10.1. The van der Waals surface area contributed by atoms with Crippen LogP contribution in [0, 0.1) is 0 Å². The molecular weight excluding hydrogens is 460 g/mol. The van der Waals surface area contributed by atoms with Gasteiger partial charge in [0.1, 0.15) is 16.3 Å². The number of benzene rings is 2. The number of carbonyl (C=O) groups is 2. The number of amides is 1. The number of hydrogen-bond donors (Lipinski definition) is 1.